The normalized spacial score (nSPS) is 17.7. The van der Waals surface area contributed by atoms with E-state index >= 15 is 0 Å². The van der Waals surface area contributed by atoms with Crippen LogP contribution in [0.5, 0.6) is 5.75 Å². The highest BCUT2D eigenvalue weighted by atomic mass is 16.5. The Balaban J connectivity index is 1.70. The molecule has 5 nitrogen and oxygen atoms in total. The first kappa shape index (κ1) is 15.8. The molecule has 1 N–H and O–H groups in total. The Hall–Kier alpha value is -2.11. The maximum absolute atomic E-state index is 11.6. The average molecular weight is 315 g/mol. The van der Waals surface area contributed by atoms with E-state index in [4.69, 9.17) is 9.15 Å². The predicted octanol–water partition coefficient (Wildman–Crippen LogP) is 2.18. The van der Waals surface area contributed by atoms with Crippen LogP contribution in [0, 0.1) is 0 Å². The van der Waals surface area contributed by atoms with Crippen LogP contribution in [-0.4, -0.2) is 35.8 Å². The van der Waals surface area contributed by atoms with Gasteiger partial charge in [0, 0.05) is 25.3 Å². The lowest BCUT2D eigenvalue weighted by atomic mass is 10.1. The van der Waals surface area contributed by atoms with Gasteiger partial charge in [0.2, 0.25) is 5.43 Å². The molecule has 1 atom stereocenters. The summed E-state index contributed by atoms with van der Waals surface area (Å²) >= 11 is 0. The molecule has 0 aliphatic carbocycles. The third-order valence-corrected chi connectivity index (χ3v) is 4.18. The molecule has 2 aromatic rings. The molecule has 122 valence electrons. The standard InChI is InChI=1S/C18H21NO4/c20-17-10-16(23-13-18(17)21)11-19(15-7-9-22-12-15)8-6-14-4-2-1-3-5-14/h1-5,10,13,15,21H,6-9,11-12H2/t15-/m0/s1. The fourth-order valence-corrected chi connectivity index (χ4v) is 2.85. The van der Waals surface area contributed by atoms with Crippen molar-refractivity contribution in [3.05, 3.63) is 64.2 Å². The second-order valence-electron chi connectivity index (χ2n) is 5.82. The Morgan fingerprint density at radius 1 is 1.26 bits per heavy atom. The van der Waals surface area contributed by atoms with Gasteiger partial charge in [-0.2, -0.15) is 0 Å². The molecule has 0 amide bonds. The zero-order valence-corrected chi connectivity index (χ0v) is 13.0. The Bertz CT molecular complexity index is 677. The molecule has 2 heterocycles. The summed E-state index contributed by atoms with van der Waals surface area (Å²) in [4.78, 5) is 13.9. The summed E-state index contributed by atoms with van der Waals surface area (Å²) in [5.74, 6) is 0.210. The van der Waals surface area contributed by atoms with Gasteiger partial charge in [0.05, 0.1) is 13.2 Å². The maximum Gasteiger partial charge on any atom is 0.226 e. The van der Waals surface area contributed by atoms with Gasteiger partial charge >= 0.3 is 0 Å². The van der Waals surface area contributed by atoms with Crippen molar-refractivity contribution in [3.8, 4) is 5.75 Å². The topological polar surface area (TPSA) is 62.9 Å². The molecule has 23 heavy (non-hydrogen) atoms. The van der Waals surface area contributed by atoms with Gasteiger partial charge in [-0.25, -0.2) is 0 Å². The molecule has 0 bridgehead atoms. The third kappa shape index (κ3) is 4.21. The first-order valence-electron chi connectivity index (χ1n) is 7.89. The van der Waals surface area contributed by atoms with Crippen molar-refractivity contribution >= 4 is 0 Å². The lowest BCUT2D eigenvalue weighted by Crippen LogP contribution is -2.37. The van der Waals surface area contributed by atoms with Crippen molar-refractivity contribution in [1.29, 1.82) is 0 Å². The fourth-order valence-electron chi connectivity index (χ4n) is 2.85. The molecule has 0 unspecified atom stereocenters. The highest BCUT2D eigenvalue weighted by Crippen LogP contribution is 2.17. The van der Waals surface area contributed by atoms with Crippen molar-refractivity contribution in [1.82, 2.24) is 4.90 Å². The summed E-state index contributed by atoms with van der Waals surface area (Å²) in [7, 11) is 0. The first-order valence-corrected chi connectivity index (χ1v) is 7.89. The molecular formula is C18H21NO4. The highest BCUT2D eigenvalue weighted by molar-refractivity contribution is 5.16. The second kappa shape index (κ2) is 7.44. The smallest absolute Gasteiger partial charge is 0.226 e. The van der Waals surface area contributed by atoms with Crippen LogP contribution < -0.4 is 5.43 Å². The van der Waals surface area contributed by atoms with Crippen LogP contribution in [0.4, 0.5) is 0 Å². The Labute approximate surface area is 135 Å². The summed E-state index contributed by atoms with van der Waals surface area (Å²) in [5, 5.41) is 9.30. The first-order chi connectivity index (χ1) is 11.2. The van der Waals surface area contributed by atoms with E-state index in [-0.39, 0.29) is 5.75 Å². The van der Waals surface area contributed by atoms with E-state index in [0.29, 0.717) is 25.0 Å². The van der Waals surface area contributed by atoms with Crippen LogP contribution in [0.1, 0.15) is 17.7 Å². The molecule has 5 heteroatoms. The Kier molecular flexibility index (Phi) is 5.10. The van der Waals surface area contributed by atoms with Crippen LogP contribution in [0.2, 0.25) is 0 Å². The van der Waals surface area contributed by atoms with Gasteiger partial charge in [-0.15, -0.1) is 0 Å². The van der Waals surface area contributed by atoms with Crippen LogP contribution in [0.15, 0.2) is 51.9 Å². The van der Waals surface area contributed by atoms with Crippen LogP contribution in [0.25, 0.3) is 0 Å². The van der Waals surface area contributed by atoms with Crippen molar-refractivity contribution in [2.24, 2.45) is 0 Å². The minimum absolute atomic E-state index is 0.331. The molecule has 1 fully saturated rings. The van der Waals surface area contributed by atoms with E-state index < -0.39 is 5.43 Å². The minimum Gasteiger partial charge on any atom is -0.502 e. The van der Waals surface area contributed by atoms with Crippen molar-refractivity contribution in [2.45, 2.75) is 25.4 Å². The third-order valence-electron chi connectivity index (χ3n) is 4.18. The number of hydrogen-bond acceptors (Lipinski definition) is 5. The summed E-state index contributed by atoms with van der Waals surface area (Å²) in [6, 6.07) is 12.0. The number of hydrogen-bond donors (Lipinski definition) is 1. The molecule has 1 saturated heterocycles. The second-order valence-corrected chi connectivity index (χ2v) is 5.82. The number of ether oxygens (including phenoxy) is 1. The van der Waals surface area contributed by atoms with E-state index in [0.717, 1.165) is 32.3 Å². The number of nitrogens with zero attached hydrogens (tertiary/aromatic N) is 1. The minimum atomic E-state index is -0.406. The van der Waals surface area contributed by atoms with Crippen molar-refractivity contribution in [2.75, 3.05) is 19.8 Å². The van der Waals surface area contributed by atoms with Gasteiger partial charge in [0.1, 0.15) is 12.0 Å². The van der Waals surface area contributed by atoms with Gasteiger partial charge in [0.25, 0.3) is 0 Å². The lowest BCUT2D eigenvalue weighted by molar-refractivity contribution is 0.133. The van der Waals surface area contributed by atoms with Crippen LogP contribution in [0.3, 0.4) is 0 Å². The largest absolute Gasteiger partial charge is 0.502 e. The van der Waals surface area contributed by atoms with Crippen molar-refractivity contribution < 1.29 is 14.3 Å². The molecule has 0 spiro atoms. The molecule has 1 aromatic carbocycles. The number of rotatable bonds is 6. The summed E-state index contributed by atoms with van der Waals surface area (Å²) in [6.07, 6.45) is 3.02. The zero-order chi connectivity index (χ0) is 16.1. The van der Waals surface area contributed by atoms with Crippen molar-refractivity contribution in [3.63, 3.8) is 0 Å². The quantitative estimate of drug-likeness (QED) is 0.885. The molecule has 3 rings (SSSR count). The maximum atomic E-state index is 11.6. The van der Waals surface area contributed by atoms with Gasteiger partial charge in [0.15, 0.2) is 5.75 Å². The van der Waals surface area contributed by atoms with Gasteiger partial charge in [-0.05, 0) is 18.4 Å². The van der Waals surface area contributed by atoms with Gasteiger partial charge in [-0.3, -0.25) is 9.69 Å². The Morgan fingerprint density at radius 2 is 2.09 bits per heavy atom. The van der Waals surface area contributed by atoms with Crippen LogP contribution in [-0.2, 0) is 17.7 Å². The summed E-state index contributed by atoms with van der Waals surface area (Å²) in [5.41, 5.74) is 0.875. The molecule has 1 aliphatic rings. The highest BCUT2D eigenvalue weighted by Gasteiger charge is 2.24. The summed E-state index contributed by atoms with van der Waals surface area (Å²) < 4.78 is 10.8. The van der Waals surface area contributed by atoms with E-state index in [1.165, 1.54) is 11.6 Å². The molecule has 0 radical (unpaired) electrons. The van der Waals surface area contributed by atoms with E-state index in [2.05, 4.69) is 17.0 Å². The SMILES string of the molecule is O=c1cc(CN(CCc2ccccc2)[C@H]2CCOC2)occ1O. The van der Waals surface area contributed by atoms with E-state index in [1.54, 1.807) is 0 Å². The number of benzene rings is 1. The average Bonchev–Trinajstić information content (AvgIpc) is 3.10. The molecular weight excluding hydrogens is 294 g/mol. The summed E-state index contributed by atoms with van der Waals surface area (Å²) in [6.45, 7) is 2.88. The van der Waals surface area contributed by atoms with Crippen LogP contribution >= 0.6 is 0 Å². The monoisotopic (exact) mass is 315 g/mol. The Morgan fingerprint density at radius 3 is 2.78 bits per heavy atom. The predicted molar refractivity (Wildman–Crippen MR) is 86.4 cm³/mol. The van der Waals surface area contributed by atoms with E-state index in [1.807, 2.05) is 18.2 Å². The van der Waals surface area contributed by atoms with E-state index in [9.17, 15) is 9.90 Å². The number of aromatic hydroxyl groups is 1. The lowest BCUT2D eigenvalue weighted by Gasteiger charge is -2.27. The van der Waals surface area contributed by atoms with Gasteiger partial charge in [-0.1, -0.05) is 30.3 Å². The van der Waals surface area contributed by atoms with Gasteiger partial charge < -0.3 is 14.3 Å². The zero-order valence-electron chi connectivity index (χ0n) is 13.0. The molecule has 1 aromatic heterocycles. The fraction of sp³-hybridized carbons (Fsp3) is 0.389. The molecule has 0 saturated carbocycles. The molecule has 1 aliphatic heterocycles.